The summed E-state index contributed by atoms with van der Waals surface area (Å²) in [5, 5.41) is 0. The molecule has 0 aromatic heterocycles. The molecule has 0 aliphatic heterocycles. The molecule has 3 nitrogen and oxygen atoms in total. The Kier molecular flexibility index (Phi) is 5.28. The lowest BCUT2D eigenvalue weighted by atomic mass is 9.85. The van der Waals surface area contributed by atoms with Crippen LogP contribution in [0.2, 0.25) is 0 Å². The number of ketones is 2. The van der Waals surface area contributed by atoms with E-state index in [1.807, 2.05) is 20.8 Å². The van der Waals surface area contributed by atoms with Gasteiger partial charge < -0.3 is 4.74 Å². The summed E-state index contributed by atoms with van der Waals surface area (Å²) < 4.78 is 5.13. The van der Waals surface area contributed by atoms with Gasteiger partial charge in [0, 0.05) is 11.1 Å². The van der Waals surface area contributed by atoms with Gasteiger partial charge in [-0.2, -0.15) is 0 Å². The molecular formula is C16H22O3. The van der Waals surface area contributed by atoms with Crippen molar-refractivity contribution in [3.8, 4) is 0 Å². The molecule has 0 amide bonds. The second-order valence-electron chi connectivity index (χ2n) is 5.23. The standard InChI is InChI=1S/C16H22O3/c1-10(2)7-6-8-11(3)14-15(18)12(4)9-13(17)16(14)19-5/h7,9,11H,6,8H2,1-5H3. The quantitative estimate of drug-likeness (QED) is 0.563. The molecule has 1 atom stereocenters. The van der Waals surface area contributed by atoms with Gasteiger partial charge in [0.25, 0.3) is 0 Å². The Morgan fingerprint density at radius 3 is 2.53 bits per heavy atom. The average molecular weight is 262 g/mol. The van der Waals surface area contributed by atoms with E-state index in [4.69, 9.17) is 4.74 Å². The zero-order valence-electron chi connectivity index (χ0n) is 12.4. The monoisotopic (exact) mass is 262 g/mol. The molecule has 0 radical (unpaired) electrons. The van der Waals surface area contributed by atoms with Crippen LogP contribution in [-0.2, 0) is 14.3 Å². The van der Waals surface area contributed by atoms with Crippen LogP contribution >= 0.6 is 0 Å². The van der Waals surface area contributed by atoms with E-state index in [1.165, 1.54) is 18.8 Å². The molecular weight excluding hydrogens is 240 g/mol. The highest BCUT2D eigenvalue weighted by Gasteiger charge is 2.30. The summed E-state index contributed by atoms with van der Waals surface area (Å²) in [6.07, 6.45) is 5.22. The Balaban J connectivity index is 2.96. The predicted octanol–water partition coefficient (Wildman–Crippen LogP) is 3.37. The first kappa shape index (κ1) is 15.4. The number of rotatable bonds is 5. The molecule has 0 aromatic rings. The van der Waals surface area contributed by atoms with Gasteiger partial charge in [0.15, 0.2) is 11.5 Å². The third kappa shape index (κ3) is 3.66. The highest BCUT2D eigenvalue weighted by Crippen LogP contribution is 2.28. The number of allylic oxidation sites excluding steroid dienone is 5. The molecule has 0 spiro atoms. The Labute approximate surface area is 115 Å². The van der Waals surface area contributed by atoms with Gasteiger partial charge in [-0.05, 0) is 45.6 Å². The van der Waals surface area contributed by atoms with Crippen molar-refractivity contribution in [1.82, 2.24) is 0 Å². The van der Waals surface area contributed by atoms with Crippen LogP contribution in [0.5, 0.6) is 0 Å². The molecule has 1 rings (SSSR count). The van der Waals surface area contributed by atoms with Gasteiger partial charge in [-0.25, -0.2) is 0 Å². The maximum atomic E-state index is 12.2. The van der Waals surface area contributed by atoms with Gasteiger partial charge >= 0.3 is 0 Å². The number of ether oxygens (including phenoxy) is 1. The summed E-state index contributed by atoms with van der Waals surface area (Å²) in [7, 11) is 1.44. The molecule has 1 unspecified atom stereocenters. The van der Waals surface area contributed by atoms with Crippen molar-refractivity contribution in [2.45, 2.75) is 40.5 Å². The van der Waals surface area contributed by atoms with Crippen molar-refractivity contribution in [3.05, 3.63) is 34.6 Å². The Morgan fingerprint density at radius 1 is 1.37 bits per heavy atom. The van der Waals surface area contributed by atoms with Crippen LogP contribution < -0.4 is 0 Å². The molecule has 0 bridgehead atoms. The van der Waals surface area contributed by atoms with E-state index < -0.39 is 0 Å². The maximum Gasteiger partial charge on any atom is 0.221 e. The van der Waals surface area contributed by atoms with Crippen molar-refractivity contribution >= 4 is 11.6 Å². The van der Waals surface area contributed by atoms with E-state index in [1.54, 1.807) is 6.92 Å². The lowest BCUT2D eigenvalue weighted by molar-refractivity contribution is -0.118. The fraction of sp³-hybridized carbons (Fsp3) is 0.500. The zero-order valence-corrected chi connectivity index (χ0v) is 12.4. The van der Waals surface area contributed by atoms with E-state index >= 15 is 0 Å². The molecule has 0 saturated carbocycles. The molecule has 19 heavy (non-hydrogen) atoms. The number of carbonyl (C=O) groups excluding carboxylic acids is 2. The minimum atomic E-state index is -0.205. The first-order valence-corrected chi connectivity index (χ1v) is 6.57. The summed E-state index contributed by atoms with van der Waals surface area (Å²) in [5.41, 5.74) is 2.28. The number of hydrogen-bond donors (Lipinski definition) is 0. The molecule has 0 fully saturated rings. The molecule has 0 aromatic carbocycles. The fourth-order valence-electron chi connectivity index (χ4n) is 2.20. The van der Waals surface area contributed by atoms with Crippen LogP contribution in [0.15, 0.2) is 34.6 Å². The topological polar surface area (TPSA) is 43.4 Å². The highest BCUT2D eigenvalue weighted by atomic mass is 16.5. The molecule has 3 heteroatoms. The van der Waals surface area contributed by atoms with Crippen LogP contribution in [0.25, 0.3) is 0 Å². The van der Waals surface area contributed by atoms with Crippen LogP contribution in [0.1, 0.15) is 40.5 Å². The third-order valence-corrected chi connectivity index (χ3v) is 3.27. The summed E-state index contributed by atoms with van der Waals surface area (Å²) in [6, 6.07) is 0. The molecule has 0 N–H and O–H groups in total. The van der Waals surface area contributed by atoms with E-state index in [9.17, 15) is 9.59 Å². The van der Waals surface area contributed by atoms with Crippen LogP contribution in [0.4, 0.5) is 0 Å². The summed E-state index contributed by atoms with van der Waals surface area (Å²) in [4.78, 5) is 24.1. The Hall–Kier alpha value is -1.64. The summed E-state index contributed by atoms with van der Waals surface area (Å²) in [6.45, 7) is 7.74. The number of Topliss-reactive ketones (excluding diaryl/α,β-unsaturated/α-hetero) is 1. The van der Waals surface area contributed by atoms with Crippen molar-refractivity contribution in [1.29, 1.82) is 0 Å². The van der Waals surface area contributed by atoms with Gasteiger partial charge in [-0.15, -0.1) is 0 Å². The highest BCUT2D eigenvalue weighted by molar-refractivity contribution is 6.21. The summed E-state index contributed by atoms with van der Waals surface area (Å²) >= 11 is 0. The second kappa shape index (κ2) is 6.50. The van der Waals surface area contributed by atoms with Crippen molar-refractivity contribution in [3.63, 3.8) is 0 Å². The van der Waals surface area contributed by atoms with E-state index in [0.29, 0.717) is 11.1 Å². The smallest absolute Gasteiger partial charge is 0.221 e. The lowest BCUT2D eigenvalue weighted by Gasteiger charge is -2.21. The van der Waals surface area contributed by atoms with E-state index in [0.717, 1.165) is 12.8 Å². The molecule has 0 heterocycles. The largest absolute Gasteiger partial charge is 0.492 e. The van der Waals surface area contributed by atoms with Crippen molar-refractivity contribution in [2.75, 3.05) is 7.11 Å². The van der Waals surface area contributed by atoms with Crippen LogP contribution in [0.3, 0.4) is 0 Å². The molecule has 0 saturated heterocycles. The fourth-order valence-corrected chi connectivity index (χ4v) is 2.20. The minimum absolute atomic E-state index is 0.0191. The van der Waals surface area contributed by atoms with Gasteiger partial charge in [0.2, 0.25) is 5.78 Å². The normalized spacial score (nSPS) is 17.2. The Morgan fingerprint density at radius 2 is 2.00 bits per heavy atom. The van der Waals surface area contributed by atoms with Crippen LogP contribution in [-0.4, -0.2) is 18.7 Å². The zero-order chi connectivity index (χ0) is 14.6. The van der Waals surface area contributed by atoms with Crippen molar-refractivity contribution < 1.29 is 14.3 Å². The average Bonchev–Trinajstić information content (AvgIpc) is 2.32. The molecule has 1 aliphatic carbocycles. The number of hydrogen-bond acceptors (Lipinski definition) is 3. The number of methoxy groups -OCH3 is 1. The van der Waals surface area contributed by atoms with Gasteiger partial charge in [-0.3, -0.25) is 9.59 Å². The SMILES string of the molecule is COC1=C(C(C)CCC=C(C)C)C(=O)C(C)=CC1=O. The first-order valence-electron chi connectivity index (χ1n) is 6.57. The molecule has 1 aliphatic rings. The molecule has 104 valence electrons. The van der Waals surface area contributed by atoms with E-state index in [-0.39, 0.29) is 23.2 Å². The number of carbonyl (C=O) groups is 2. The van der Waals surface area contributed by atoms with Crippen molar-refractivity contribution in [2.24, 2.45) is 5.92 Å². The second-order valence-corrected chi connectivity index (χ2v) is 5.23. The first-order chi connectivity index (χ1) is 8.88. The van der Waals surface area contributed by atoms with Gasteiger partial charge in [-0.1, -0.05) is 18.6 Å². The minimum Gasteiger partial charge on any atom is -0.492 e. The lowest BCUT2D eigenvalue weighted by Crippen LogP contribution is -2.23. The summed E-state index contributed by atoms with van der Waals surface area (Å²) in [5.74, 6) is -0.0456. The van der Waals surface area contributed by atoms with Gasteiger partial charge in [0.05, 0.1) is 7.11 Å². The van der Waals surface area contributed by atoms with Crippen LogP contribution in [0, 0.1) is 5.92 Å². The Bertz CT molecular complexity index is 474. The van der Waals surface area contributed by atoms with Gasteiger partial charge in [0.1, 0.15) is 0 Å². The predicted molar refractivity (Wildman–Crippen MR) is 75.6 cm³/mol. The van der Waals surface area contributed by atoms with E-state index in [2.05, 4.69) is 6.08 Å². The maximum absolute atomic E-state index is 12.2. The third-order valence-electron chi connectivity index (χ3n) is 3.27.